The van der Waals surface area contributed by atoms with Crippen molar-refractivity contribution >= 4 is 29.1 Å². The van der Waals surface area contributed by atoms with Gasteiger partial charge < -0.3 is 10.6 Å². The Hall–Kier alpha value is -2.66. The smallest absolute Gasteiger partial charge is 0.225 e. The highest BCUT2D eigenvalue weighted by Gasteiger charge is 2.10. The van der Waals surface area contributed by atoms with Crippen LogP contribution in [0.25, 0.3) is 11.3 Å². The predicted molar refractivity (Wildman–Crippen MR) is 106 cm³/mol. The van der Waals surface area contributed by atoms with Gasteiger partial charge in [0, 0.05) is 23.4 Å². The van der Waals surface area contributed by atoms with Gasteiger partial charge in [-0.3, -0.25) is 0 Å². The molecule has 0 fully saturated rings. The Balaban J connectivity index is 1.97. The fourth-order valence-corrected chi connectivity index (χ4v) is 2.56. The Labute approximate surface area is 157 Å². The number of nitrogens with one attached hydrogen (secondary N) is 2. The van der Waals surface area contributed by atoms with Crippen molar-refractivity contribution in [1.82, 2.24) is 9.97 Å². The van der Waals surface area contributed by atoms with Crippen LogP contribution in [0.5, 0.6) is 0 Å². The van der Waals surface area contributed by atoms with E-state index in [0.717, 1.165) is 17.7 Å². The van der Waals surface area contributed by atoms with Gasteiger partial charge in [-0.1, -0.05) is 48.9 Å². The SMILES string of the molecule is CC[C@H](C)Nc1nc(Nc2ccc(F)c(Cl)c2)cc(-c2ccccc2)n1. The zero-order valence-electron chi connectivity index (χ0n) is 14.6. The molecule has 0 radical (unpaired) electrons. The third kappa shape index (κ3) is 4.49. The Kier molecular flexibility index (Phi) is 5.68. The molecule has 1 aromatic heterocycles. The average Bonchev–Trinajstić information content (AvgIpc) is 2.65. The quantitative estimate of drug-likeness (QED) is 0.568. The minimum Gasteiger partial charge on any atom is -0.352 e. The first-order chi connectivity index (χ1) is 12.5. The summed E-state index contributed by atoms with van der Waals surface area (Å²) in [7, 11) is 0. The highest BCUT2D eigenvalue weighted by atomic mass is 35.5. The number of nitrogens with zero attached hydrogens (tertiary/aromatic N) is 2. The molecule has 26 heavy (non-hydrogen) atoms. The first kappa shape index (κ1) is 18.1. The lowest BCUT2D eigenvalue weighted by Gasteiger charge is -2.15. The molecule has 0 saturated carbocycles. The molecular formula is C20H20ClFN4. The van der Waals surface area contributed by atoms with Crippen molar-refractivity contribution in [2.45, 2.75) is 26.3 Å². The molecule has 1 atom stereocenters. The van der Waals surface area contributed by atoms with Crippen LogP contribution in [0.1, 0.15) is 20.3 Å². The molecule has 0 aliphatic heterocycles. The summed E-state index contributed by atoms with van der Waals surface area (Å²) in [6, 6.07) is 16.4. The van der Waals surface area contributed by atoms with E-state index in [1.807, 2.05) is 36.4 Å². The summed E-state index contributed by atoms with van der Waals surface area (Å²) in [6.07, 6.45) is 0.954. The number of benzene rings is 2. The summed E-state index contributed by atoms with van der Waals surface area (Å²) in [5, 5.41) is 6.53. The Morgan fingerprint density at radius 3 is 2.54 bits per heavy atom. The number of hydrogen-bond donors (Lipinski definition) is 2. The van der Waals surface area contributed by atoms with Crippen molar-refractivity contribution in [2.24, 2.45) is 0 Å². The van der Waals surface area contributed by atoms with E-state index in [9.17, 15) is 4.39 Å². The van der Waals surface area contributed by atoms with Gasteiger partial charge in [-0.05, 0) is 31.5 Å². The van der Waals surface area contributed by atoms with Crippen LogP contribution in [0.4, 0.5) is 21.8 Å². The molecule has 0 unspecified atom stereocenters. The van der Waals surface area contributed by atoms with Gasteiger partial charge >= 0.3 is 0 Å². The van der Waals surface area contributed by atoms with Crippen LogP contribution in [-0.4, -0.2) is 16.0 Å². The van der Waals surface area contributed by atoms with Crippen molar-refractivity contribution in [1.29, 1.82) is 0 Å². The molecule has 0 spiro atoms. The van der Waals surface area contributed by atoms with E-state index >= 15 is 0 Å². The zero-order chi connectivity index (χ0) is 18.5. The molecule has 0 bridgehead atoms. The van der Waals surface area contributed by atoms with E-state index in [-0.39, 0.29) is 11.1 Å². The van der Waals surface area contributed by atoms with Gasteiger partial charge in [0.1, 0.15) is 11.6 Å². The van der Waals surface area contributed by atoms with E-state index in [4.69, 9.17) is 11.6 Å². The highest BCUT2D eigenvalue weighted by molar-refractivity contribution is 6.31. The number of aromatic nitrogens is 2. The number of halogens is 2. The van der Waals surface area contributed by atoms with Crippen molar-refractivity contribution < 1.29 is 4.39 Å². The maximum absolute atomic E-state index is 13.4. The van der Waals surface area contributed by atoms with Crippen molar-refractivity contribution in [3.63, 3.8) is 0 Å². The van der Waals surface area contributed by atoms with Crippen LogP contribution in [0, 0.1) is 5.82 Å². The maximum Gasteiger partial charge on any atom is 0.225 e. The van der Waals surface area contributed by atoms with E-state index in [1.54, 1.807) is 6.07 Å². The molecule has 6 heteroatoms. The van der Waals surface area contributed by atoms with E-state index in [0.29, 0.717) is 17.5 Å². The molecular weight excluding hydrogens is 351 g/mol. The molecule has 4 nitrogen and oxygen atoms in total. The predicted octanol–water partition coefficient (Wildman–Crippen LogP) is 5.89. The molecule has 3 rings (SSSR count). The number of hydrogen-bond acceptors (Lipinski definition) is 4. The Bertz CT molecular complexity index is 886. The largest absolute Gasteiger partial charge is 0.352 e. The summed E-state index contributed by atoms with van der Waals surface area (Å²) >= 11 is 5.87. The highest BCUT2D eigenvalue weighted by Crippen LogP contribution is 2.26. The topological polar surface area (TPSA) is 49.8 Å². The number of anilines is 3. The second-order valence-corrected chi connectivity index (χ2v) is 6.44. The summed E-state index contributed by atoms with van der Waals surface area (Å²) in [4.78, 5) is 9.14. The van der Waals surface area contributed by atoms with Gasteiger partial charge in [0.25, 0.3) is 0 Å². The van der Waals surface area contributed by atoms with Gasteiger partial charge in [0.15, 0.2) is 0 Å². The van der Waals surface area contributed by atoms with Crippen LogP contribution < -0.4 is 10.6 Å². The van der Waals surface area contributed by atoms with Crippen LogP contribution in [0.15, 0.2) is 54.6 Å². The molecule has 0 amide bonds. The normalized spacial score (nSPS) is 11.8. The fraction of sp³-hybridized carbons (Fsp3) is 0.200. The average molecular weight is 371 g/mol. The molecule has 0 saturated heterocycles. The molecule has 2 aromatic carbocycles. The summed E-state index contributed by atoms with van der Waals surface area (Å²) in [6.45, 7) is 4.17. The van der Waals surface area contributed by atoms with Crippen LogP contribution >= 0.6 is 11.6 Å². The molecule has 2 N–H and O–H groups in total. The number of rotatable bonds is 6. The summed E-state index contributed by atoms with van der Waals surface area (Å²) in [5.74, 6) is 0.688. The lowest BCUT2D eigenvalue weighted by atomic mass is 10.1. The van der Waals surface area contributed by atoms with Gasteiger partial charge in [-0.25, -0.2) is 9.37 Å². The minimum atomic E-state index is -0.455. The second kappa shape index (κ2) is 8.15. The first-order valence-electron chi connectivity index (χ1n) is 8.48. The van der Waals surface area contributed by atoms with Gasteiger partial charge in [0.2, 0.25) is 5.95 Å². The minimum absolute atomic E-state index is 0.0605. The van der Waals surface area contributed by atoms with E-state index < -0.39 is 5.82 Å². The fourth-order valence-electron chi connectivity index (χ4n) is 2.38. The van der Waals surface area contributed by atoms with Crippen LogP contribution in [-0.2, 0) is 0 Å². The van der Waals surface area contributed by atoms with Crippen LogP contribution in [0.3, 0.4) is 0 Å². The zero-order valence-corrected chi connectivity index (χ0v) is 15.4. The van der Waals surface area contributed by atoms with Crippen molar-refractivity contribution in [3.8, 4) is 11.3 Å². The van der Waals surface area contributed by atoms with Crippen molar-refractivity contribution in [3.05, 3.63) is 65.4 Å². The third-order valence-electron chi connectivity index (χ3n) is 3.98. The second-order valence-electron chi connectivity index (χ2n) is 6.04. The lowest BCUT2D eigenvalue weighted by Crippen LogP contribution is -2.16. The van der Waals surface area contributed by atoms with E-state index in [1.165, 1.54) is 12.1 Å². The molecule has 0 aliphatic rings. The molecule has 3 aromatic rings. The van der Waals surface area contributed by atoms with Gasteiger partial charge in [-0.2, -0.15) is 4.98 Å². The van der Waals surface area contributed by atoms with Crippen LogP contribution in [0.2, 0.25) is 5.02 Å². The maximum atomic E-state index is 13.4. The molecule has 1 heterocycles. The van der Waals surface area contributed by atoms with Gasteiger partial charge in [0.05, 0.1) is 10.7 Å². The Morgan fingerprint density at radius 2 is 1.85 bits per heavy atom. The summed E-state index contributed by atoms with van der Waals surface area (Å²) < 4.78 is 13.4. The monoisotopic (exact) mass is 370 g/mol. The van der Waals surface area contributed by atoms with Gasteiger partial charge in [-0.15, -0.1) is 0 Å². The standard InChI is InChI=1S/C20H20ClFN4/c1-3-13(2)23-20-25-18(14-7-5-4-6-8-14)12-19(26-20)24-15-9-10-17(22)16(21)11-15/h4-13H,3H2,1-2H3,(H2,23,24,25,26)/t13-/m0/s1. The molecule has 134 valence electrons. The first-order valence-corrected chi connectivity index (χ1v) is 8.86. The Morgan fingerprint density at radius 1 is 1.08 bits per heavy atom. The molecule has 0 aliphatic carbocycles. The summed E-state index contributed by atoms with van der Waals surface area (Å²) in [5.41, 5.74) is 2.44. The third-order valence-corrected chi connectivity index (χ3v) is 4.27. The lowest BCUT2D eigenvalue weighted by molar-refractivity contribution is 0.628. The van der Waals surface area contributed by atoms with Crippen molar-refractivity contribution in [2.75, 3.05) is 10.6 Å². The van der Waals surface area contributed by atoms with E-state index in [2.05, 4.69) is 34.4 Å².